The van der Waals surface area contributed by atoms with Crippen molar-refractivity contribution in [3.63, 3.8) is 0 Å². The van der Waals surface area contributed by atoms with Gasteiger partial charge in [0.25, 0.3) is 5.60 Å². The molecule has 0 bridgehead atoms. The number of hydrogen-bond donors (Lipinski definition) is 1. The van der Waals surface area contributed by atoms with E-state index in [1.165, 1.54) is 6.92 Å². The predicted molar refractivity (Wildman–Crippen MR) is 42.9 cm³/mol. The number of esters is 1. The number of ether oxygens (including phenoxy) is 1. The number of rotatable bonds is 4. The highest BCUT2D eigenvalue weighted by atomic mass is 19.4. The molecular weight excluding hydrogens is 258 g/mol. The van der Waals surface area contributed by atoms with Gasteiger partial charge in [-0.1, -0.05) is 6.92 Å². The maximum Gasteiger partial charge on any atom is 0.429 e. The van der Waals surface area contributed by atoms with Gasteiger partial charge in [-0.3, -0.25) is 4.79 Å². The quantitative estimate of drug-likeness (QED) is 0.628. The molecule has 0 atom stereocenters. The molecule has 0 saturated heterocycles. The molecule has 0 aromatic carbocycles. The third-order valence-electron chi connectivity index (χ3n) is 1.83. The maximum absolute atomic E-state index is 12.1. The van der Waals surface area contributed by atoms with Crippen LogP contribution in [0.4, 0.5) is 26.3 Å². The molecule has 0 aliphatic rings. The van der Waals surface area contributed by atoms with Crippen LogP contribution in [-0.4, -0.2) is 35.6 Å². The molecule has 0 aliphatic heterocycles. The summed E-state index contributed by atoms with van der Waals surface area (Å²) < 4.78 is 76.2. The van der Waals surface area contributed by atoms with Crippen LogP contribution in [0.25, 0.3) is 0 Å². The zero-order valence-electron chi connectivity index (χ0n) is 8.65. The summed E-state index contributed by atoms with van der Waals surface area (Å²) in [5, 5.41) is 8.57. The molecule has 0 aliphatic carbocycles. The average molecular weight is 268 g/mol. The van der Waals surface area contributed by atoms with E-state index in [0.717, 1.165) is 0 Å². The minimum Gasteiger partial charge on any atom is -0.462 e. The van der Waals surface area contributed by atoms with Crippen LogP contribution < -0.4 is 0 Å². The molecule has 0 aromatic heterocycles. The van der Waals surface area contributed by atoms with Crippen molar-refractivity contribution in [2.24, 2.45) is 0 Å². The molecule has 102 valence electrons. The standard InChI is InChI=1S/C8H10F6O3/c1-2-3-5(15)17-4-6(16,7(9,10)11)8(12,13)14/h16H,2-4H2,1H3. The van der Waals surface area contributed by atoms with Crippen LogP contribution in [-0.2, 0) is 9.53 Å². The Bertz CT molecular complexity index is 255. The molecule has 3 nitrogen and oxygen atoms in total. The summed E-state index contributed by atoms with van der Waals surface area (Å²) in [6, 6.07) is 0. The van der Waals surface area contributed by atoms with Crippen molar-refractivity contribution in [2.45, 2.75) is 37.7 Å². The Morgan fingerprint density at radius 2 is 1.53 bits per heavy atom. The van der Waals surface area contributed by atoms with Crippen molar-refractivity contribution in [3.8, 4) is 0 Å². The summed E-state index contributed by atoms with van der Waals surface area (Å²) in [5.74, 6) is -1.24. The van der Waals surface area contributed by atoms with Crippen molar-refractivity contribution < 1.29 is 41.0 Å². The number of alkyl halides is 6. The van der Waals surface area contributed by atoms with Crippen molar-refractivity contribution >= 4 is 5.97 Å². The van der Waals surface area contributed by atoms with E-state index in [0.29, 0.717) is 0 Å². The van der Waals surface area contributed by atoms with E-state index in [1.807, 2.05) is 0 Å². The molecule has 0 rings (SSSR count). The van der Waals surface area contributed by atoms with E-state index >= 15 is 0 Å². The monoisotopic (exact) mass is 268 g/mol. The molecule has 0 radical (unpaired) electrons. The number of aliphatic hydroxyl groups is 1. The SMILES string of the molecule is CCCC(=O)OCC(O)(C(F)(F)F)C(F)(F)F. The molecule has 0 aromatic rings. The Morgan fingerprint density at radius 1 is 1.12 bits per heavy atom. The fourth-order valence-corrected chi connectivity index (χ4v) is 0.786. The van der Waals surface area contributed by atoms with Gasteiger partial charge in [0, 0.05) is 6.42 Å². The van der Waals surface area contributed by atoms with Gasteiger partial charge in [-0.2, -0.15) is 26.3 Å². The fraction of sp³-hybridized carbons (Fsp3) is 0.875. The van der Waals surface area contributed by atoms with Crippen molar-refractivity contribution in [2.75, 3.05) is 6.61 Å². The minimum atomic E-state index is -5.97. The second kappa shape index (κ2) is 5.11. The van der Waals surface area contributed by atoms with Gasteiger partial charge in [0.1, 0.15) is 6.61 Å². The lowest BCUT2D eigenvalue weighted by molar-refractivity contribution is -0.375. The molecule has 17 heavy (non-hydrogen) atoms. The number of hydrogen-bond acceptors (Lipinski definition) is 3. The van der Waals surface area contributed by atoms with Crippen LogP contribution in [0.3, 0.4) is 0 Å². The number of halogens is 6. The Balaban J connectivity index is 4.82. The Labute approximate surface area is 92.4 Å². The molecule has 0 unspecified atom stereocenters. The molecule has 1 N–H and O–H groups in total. The highest BCUT2D eigenvalue weighted by Gasteiger charge is 2.71. The average Bonchev–Trinajstić information content (AvgIpc) is 2.10. The molecule has 0 fully saturated rings. The van der Waals surface area contributed by atoms with Gasteiger partial charge in [0.2, 0.25) is 0 Å². The van der Waals surface area contributed by atoms with E-state index in [-0.39, 0.29) is 12.8 Å². The highest BCUT2D eigenvalue weighted by molar-refractivity contribution is 5.69. The van der Waals surface area contributed by atoms with E-state index in [4.69, 9.17) is 5.11 Å². The smallest absolute Gasteiger partial charge is 0.429 e. The van der Waals surface area contributed by atoms with E-state index in [2.05, 4.69) is 4.74 Å². The second-order valence-corrected chi connectivity index (χ2v) is 3.27. The summed E-state index contributed by atoms with van der Waals surface area (Å²) in [4.78, 5) is 10.7. The number of carbonyl (C=O) groups excluding carboxylic acids is 1. The van der Waals surface area contributed by atoms with Crippen molar-refractivity contribution in [3.05, 3.63) is 0 Å². The van der Waals surface area contributed by atoms with Gasteiger partial charge < -0.3 is 9.84 Å². The highest BCUT2D eigenvalue weighted by Crippen LogP contribution is 2.43. The van der Waals surface area contributed by atoms with Crippen LogP contribution in [0.1, 0.15) is 19.8 Å². The lowest BCUT2D eigenvalue weighted by Gasteiger charge is -2.31. The molecule has 9 heteroatoms. The van der Waals surface area contributed by atoms with Gasteiger partial charge >= 0.3 is 18.3 Å². The third-order valence-corrected chi connectivity index (χ3v) is 1.83. The van der Waals surface area contributed by atoms with Gasteiger partial charge in [-0.25, -0.2) is 0 Å². The van der Waals surface area contributed by atoms with Gasteiger partial charge in [0.15, 0.2) is 0 Å². The summed E-state index contributed by atoms with van der Waals surface area (Å²) in [7, 11) is 0. The zero-order valence-corrected chi connectivity index (χ0v) is 8.65. The van der Waals surface area contributed by atoms with Crippen LogP contribution in [0.15, 0.2) is 0 Å². The predicted octanol–water partition coefficient (Wildman–Crippen LogP) is 2.19. The first kappa shape index (κ1) is 16.0. The van der Waals surface area contributed by atoms with Gasteiger partial charge in [0.05, 0.1) is 0 Å². The molecule has 0 spiro atoms. The van der Waals surface area contributed by atoms with Crippen molar-refractivity contribution in [1.29, 1.82) is 0 Å². The van der Waals surface area contributed by atoms with Crippen LogP contribution in [0.5, 0.6) is 0 Å². The molecule has 0 heterocycles. The largest absolute Gasteiger partial charge is 0.462 e. The van der Waals surface area contributed by atoms with Crippen LogP contribution in [0, 0.1) is 0 Å². The normalized spacial score (nSPS) is 13.6. The van der Waals surface area contributed by atoms with E-state index in [1.54, 1.807) is 0 Å². The first-order chi connectivity index (χ1) is 7.45. The first-order valence-corrected chi connectivity index (χ1v) is 4.47. The minimum absolute atomic E-state index is 0.204. The molecular formula is C8H10F6O3. The summed E-state index contributed by atoms with van der Waals surface area (Å²) in [6.45, 7) is -0.709. The van der Waals surface area contributed by atoms with Crippen LogP contribution >= 0.6 is 0 Å². The zero-order chi connectivity index (χ0) is 13.9. The summed E-state index contributed by atoms with van der Waals surface area (Å²) >= 11 is 0. The topological polar surface area (TPSA) is 46.5 Å². The van der Waals surface area contributed by atoms with Gasteiger partial charge in [-0.05, 0) is 6.42 Å². The Kier molecular flexibility index (Phi) is 4.81. The van der Waals surface area contributed by atoms with E-state index < -0.39 is 30.5 Å². The lowest BCUT2D eigenvalue weighted by Crippen LogP contribution is -2.60. The van der Waals surface area contributed by atoms with Crippen molar-refractivity contribution in [1.82, 2.24) is 0 Å². The lowest BCUT2D eigenvalue weighted by atomic mass is 10.0. The number of carbonyl (C=O) groups is 1. The molecule has 0 saturated carbocycles. The second-order valence-electron chi connectivity index (χ2n) is 3.27. The van der Waals surface area contributed by atoms with E-state index in [9.17, 15) is 31.1 Å². The first-order valence-electron chi connectivity index (χ1n) is 4.47. The maximum atomic E-state index is 12.1. The third kappa shape index (κ3) is 3.76. The molecule has 0 amide bonds. The van der Waals surface area contributed by atoms with Gasteiger partial charge in [-0.15, -0.1) is 0 Å². The Hall–Kier alpha value is -0.990. The summed E-state index contributed by atoms with van der Waals surface area (Å²) in [6.07, 6.45) is -12.1. The summed E-state index contributed by atoms with van der Waals surface area (Å²) in [5.41, 5.74) is -5.04. The van der Waals surface area contributed by atoms with Crippen LogP contribution in [0.2, 0.25) is 0 Å². The fourth-order valence-electron chi connectivity index (χ4n) is 0.786. The Morgan fingerprint density at radius 3 is 1.82 bits per heavy atom.